The molecule has 0 fully saturated rings. The third-order valence-electron chi connectivity index (χ3n) is 6.50. The van der Waals surface area contributed by atoms with Crippen molar-refractivity contribution in [3.63, 3.8) is 0 Å². The number of rotatable bonds is 5. The highest BCUT2D eigenvalue weighted by molar-refractivity contribution is 9.10. The molecule has 9 heteroatoms. The molecule has 1 amide bonds. The molecular weight excluding hydrogens is 544 g/mol. The van der Waals surface area contributed by atoms with Crippen LogP contribution in [0.25, 0.3) is 0 Å². The molecule has 1 aliphatic rings. The Morgan fingerprint density at radius 2 is 1.92 bits per heavy atom. The van der Waals surface area contributed by atoms with E-state index < -0.39 is 5.60 Å². The number of carbonyl (C=O) groups is 1. The van der Waals surface area contributed by atoms with Crippen LogP contribution >= 0.6 is 15.9 Å². The van der Waals surface area contributed by atoms with Crippen molar-refractivity contribution in [3.8, 4) is 6.07 Å². The number of ether oxygens (including phenoxy) is 1. The van der Waals surface area contributed by atoms with Crippen molar-refractivity contribution < 1.29 is 9.53 Å². The monoisotopic (exact) mass is 572 g/mol. The molecule has 2 aromatic carbocycles. The van der Waals surface area contributed by atoms with Crippen LogP contribution in [0.2, 0.25) is 0 Å². The van der Waals surface area contributed by atoms with Crippen molar-refractivity contribution in [2.45, 2.75) is 51.9 Å². The molecule has 5 rings (SSSR count). The van der Waals surface area contributed by atoms with Crippen molar-refractivity contribution in [2.75, 3.05) is 6.54 Å². The van der Waals surface area contributed by atoms with Gasteiger partial charge in [0.2, 0.25) is 0 Å². The lowest BCUT2D eigenvalue weighted by Gasteiger charge is -2.36. The minimum absolute atomic E-state index is 0.344. The highest BCUT2D eigenvalue weighted by Gasteiger charge is 2.37. The minimum atomic E-state index is -0.591. The summed E-state index contributed by atoms with van der Waals surface area (Å²) in [6.45, 7) is 7.43. The third kappa shape index (κ3) is 5.50. The topological polar surface area (TPSA) is 89.0 Å². The van der Waals surface area contributed by atoms with E-state index in [0.717, 1.165) is 32.7 Å². The summed E-state index contributed by atoms with van der Waals surface area (Å²) in [4.78, 5) is 24.2. The average Bonchev–Trinajstić information content (AvgIpc) is 3.50. The molecule has 0 saturated carbocycles. The van der Waals surface area contributed by atoms with Gasteiger partial charge in [0.25, 0.3) is 0 Å². The SMILES string of the molecule is CC(C)(C)OC(=O)N1CCc2c(ncn2Cc2cncn2Cc2ccc(C#N)cc2)C1c1cccc(Br)c1. The lowest BCUT2D eigenvalue weighted by Crippen LogP contribution is -2.43. The molecule has 3 heterocycles. The number of benzene rings is 2. The van der Waals surface area contributed by atoms with Gasteiger partial charge >= 0.3 is 6.09 Å². The quantitative estimate of drug-likeness (QED) is 0.306. The number of hydrogen-bond acceptors (Lipinski definition) is 5. The average molecular weight is 573 g/mol. The van der Waals surface area contributed by atoms with Crippen LogP contribution in [0.15, 0.2) is 71.9 Å². The van der Waals surface area contributed by atoms with Crippen LogP contribution < -0.4 is 0 Å². The van der Waals surface area contributed by atoms with Gasteiger partial charge in [0.1, 0.15) is 11.6 Å². The number of fused-ring (bicyclic) bond motifs is 1. The van der Waals surface area contributed by atoms with Gasteiger partial charge < -0.3 is 13.9 Å². The predicted octanol–water partition coefficient (Wildman–Crippen LogP) is 5.69. The van der Waals surface area contributed by atoms with Gasteiger partial charge in [-0.3, -0.25) is 4.90 Å². The zero-order valence-corrected chi connectivity index (χ0v) is 23.2. The molecule has 0 spiro atoms. The highest BCUT2D eigenvalue weighted by Crippen LogP contribution is 2.36. The second-order valence-electron chi connectivity index (χ2n) is 10.4. The summed E-state index contributed by atoms with van der Waals surface area (Å²) in [6, 6.07) is 17.4. The van der Waals surface area contributed by atoms with E-state index in [-0.39, 0.29) is 12.1 Å². The van der Waals surface area contributed by atoms with Crippen molar-refractivity contribution in [1.82, 2.24) is 24.0 Å². The molecule has 2 aromatic heterocycles. The Morgan fingerprint density at radius 3 is 2.63 bits per heavy atom. The second-order valence-corrected chi connectivity index (χ2v) is 11.3. The van der Waals surface area contributed by atoms with Gasteiger partial charge in [0.15, 0.2) is 0 Å². The van der Waals surface area contributed by atoms with Gasteiger partial charge in [-0.05, 0) is 56.2 Å². The summed E-state index contributed by atoms with van der Waals surface area (Å²) in [6.07, 6.45) is 5.88. The number of hydrogen-bond donors (Lipinski definition) is 0. The maximum atomic E-state index is 13.2. The fourth-order valence-corrected chi connectivity index (χ4v) is 5.19. The van der Waals surface area contributed by atoms with E-state index in [4.69, 9.17) is 15.0 Å². The summed E-state index contributed by atoms with van der Waals surface area (Å²) in [5, 5.41) is 9.07. The number of amides is 1. The van der Waals surface area contributed by atoms with Crippen molar-refractivity contribution in [3.05, 3.63) is 106 Å². The first-order valence-corrected chi connectivity index (χ1v) is 13.3. The van der Waals surface area contributed by atoms with Gasteiger partial charge in [-0.25, -0.2) is 14.8 Å². The smallest absolute Gasteiger partial charge is 0.411 e. The van der Waals surface area contributed by atoms with Gasteiger partial charge in [-0.1, -0.05) is 40.2 Å². The molecule has 0 radical (unpaired) electrons. The maximum Gasteiger partial charge on any atom is 0.411 e. The van der Waals surface area contributed by atoms with Crippen LogP contribution in [0, 0.1) is 11.3 Å². The predicted molar refractivity (Wildman–Crippen MR) is 146 cm³/mol. The van der Waals surface area contributed by atoms with E-state index in [0.29, 0.717) is 31.6 Å². The van der Waals surface area contributed by atoms with Crippen LogP contribution in [0.5, 0.6) is 0 Å². The Morgan fingerprint density at radius 1 is 1.13 bits per heavy atom. The molecule has 38 heavy (non-hydrogen) atoms. The van der Waals surface area contributed by atoms with Gasteiger partial charge in [0, 0.05) is 35.9 Å². The molecule has 0 bridgehead atoms. The summed E-state index contributed by atoms with van der Waals surface area (Å²) >= 11 is 3.58. The lowest BCUT2D eigenvalue weighted by atomic mass is 9.96. The lowest BCUT2D eigenvalue weighted by molar-refractivity contribution is 0.0173. The molecule has 4 aromatic rings. The molecule has 8 nitrogen and oxygen atoms in total. The minimum Gasteiger partial charge on any atom is -0.444 e. The molecule has 0 N–H and O–H groups in total. The Balaban J connectivity index is 1.44. The van der Waals surface area contributed by atoms with Crippen molar-refractivity contribution >= 4 is 22.0 Å². The number of aromatic nitrogens is 4. The largest absolute Gasteiger partial charge is 0.444 e. The van der Waals surface area contributed by atoms with E-state index >= 15 is 0 Å². The van der Waals surface area contributed by atoms with E-state index in [1.54, 1.807) is 4.90 Å². The van der Waals surface area contributed by atoms with Gasteiger partial charge in [0.05, 0.1) is 42.2 Å². The molecule has 0 saturated heterocycles. The van der Waals surface area contributed by atoms with E-state index in [1.165, 1.54) is 0 Å². The van der Waals surface area contributed by atoms with Gasteiger partial charge in [-0.2, -0.15) is 5.26 Å². The number of nitriles is 1. The van der Waals surface area contributed by atoms with Crippen LogP contribution in [0.4, 0.5) is 4.79 Å². The van der Waals surface area contributed by atoms with E-state index in [1.807, 2.05) is 88.2 Å². The molecule has 194 valence electrons. The number of halogens is 1. The summed E-state index contributed by atoms with van der Waals surface area (Å²) in [7, 11) is 0. The van der Waals surface area contributed by atoms with Crippen LogP contribution in [0.3, 0.4) is 0 Å². The highest BCUT2D eigenvalue weighted by atomic mass is 79.9. The summed E-state index contributed by atoms with van der Waals surface area (Å²) in [5.74, 6) is 0. The Labute approximate surface area is 230 Å². The Kier molecular flexibility index (Phi) is 7.09. The molecule has 1 atom stereocenters. The summed E-state index contributed by atoms with van der Waals surface area (Å²) < 4.78 is 11.0. The summed E-state index contributed by atoms with van der Waals surface area (Å²) in [5.41, 5.74) is 5.12. The van der Waals surface area contributed by atoms with Crippen LogP contribution in [0.1, 0.15) is 60.6 Å². The van der Waals surface area contributed by atoms with Crippen molar-refractivity contribution in [1.29, 1.82) is 5.26 Å². The fraction of sp³-hybridized carbons (Fsp3) is 0.310. The first-order chi connectivity index (χ1) is 18.2. The standard InChI is InChI=1S/C29H29BrN6O2/c1-29(2,3)38-28(37)36-12-11-25-26(27(36)22-5-4-6-23(30)13-22)33-19-35(25)17-24-15-32-18-34(24)16-21-9-7-20(14-31)8-10-21/h4-10,13,15,18-19,27H,11-12,16-17H2,1-3H3. The Bertz CT molecular complexity index is 1490. The Hall–Kier alpha value is -3.90. The normalized spacial score (nSPS) is 15.1. The van der Waals surface area contributed by atoms with Gasteiger partial charge in [-0.15, -0.1) is 0 Å². The second kappa shape index (κ2) is 10.5. The zero-order valence-electron chi connectivity index (χ0n) is 21.6. The zero-order chi connectivity index (χ0) is 26.9. The molecular formula is C29H29BrN6O2. The third-order valence-corrected chi connectivity index (χ3v) is 6.99. The van der Waals surface area contributed by atoms with Crippen LogP contribution in [-0.4, -0.2) is 42.2 Å². The fourth-order valence-electron chi connectivity index (χ4n) is 4.77. The molecule has 1 unspecified atom stereocenters. The first kappa shape index (κ1) is 25.7. The van der Waals surface area contributed by atoms with E-state index in [9.17, 15) is 4.79 Å². The van der Waals surface area contributed by atoms with Crippen molar-refractivity contribution in [2.24, 2.45) is 0 Å². The van der Waals surface area contributed by atoms with E-state index in [2.05, 4.69) is 36.1 Å². The number of carbonyl (C=O) groups excluding carboxylic acids is 1. The molecule has 1 aliphatic heterocycles. The molecule has 0 aliphatic carbocycles. The first-order valence-electron chi connectivity index (χ1n) is 12.5. The number of imidazole rings is 2. The number of nitrogens with zero attached hydrogens (tertiary/aromatic N) is 6. The maximum absolute atomic E-state index is 13.2. The van der Waals surface area contributed by atoms with Crippen LogP contribution in [-0.2, 0) is 24.2 Å².